The first-order valence-electron chi connectivity index (χ1n) is 6.38. The Morgan fingerprint density at radius 3 is 2.83 bits per heavy atom. The largest absolute Gasteiger partial charge is 0.490 e. The van der Waals surface area contributed by atoms with Crippen molar-refractivity contribution >= 4 is 11.6 Å². The molecule has 0 saturated heterocycles. The first kappa shape index (κ1) is 12.9. The first-order chi connectivity index (χ1) is 8.65. The predicted molar refractivity (Wildman–Crippen MR) is 71.7 cm³/mol. The van der Waals surface area contributed by atoms with Crippen LogP contribution in [0.15, 0.2) is 24.3 Å². The van der Waals surface area contributed by atoms with Gasteiger partial charge in [0.05, 0.1) is 18.2 Å². The van der Waals surface area contributed by atoms with E-state index in [0.29, 0.717) is 19.7 Å². The second-order valence-electron chi connectivity index (χ2n) is 4.89. The summed E-state index contributed by atoms with van der Waals surface area (Å²) in [6, 6.07) is 7.64. The van der Waals surface area contributed by atoms with E-state index in [1.807, 2.05) is 38.1 Å². The number of nitrogens with zero attached hydrogens (tertiary/aromatic N) is 1. The minimum absolute atomic E-state index is 0.100. The topological polar surface area (TPSA) is 55.6 Å². The Hall–Kier alpha value is -1.55. The standard InChI is InChI=1S/C14H20N2O2/c1-10(2)11(9-15)14(17)16-7-8-18-13-6-4-3-5-12(13)16/h3-6,10-11H,7-9,15H2,1-2H3. The molecule has 2 N–H and O–H groups in total. The van der Waals surface area contributed by atoms with Crippen molar-refractivity contribution in [1.29, 1.82) is 0 Å². The van der Waals surface area contributed by atoms with Crippen molar-refractivity contribution in [1.82, 2.24) is 0 Å². The van der Waals surface area contributed by atoms with E-state index in [0.717, 1.165) is 11.4 Å². The van der Waals surface area contributed by atoms with Gasteiger partial charge in [-0.1, -0.05) is 26.0 Å². The van der Waals surface area contributed by atoms with Crippen LogP contribution in [0.4, 0.5) is 5.69 Å². The zero-order valence-electron chi connectivity index (χ0n) is 10.9. The predicted octanol–water partition coefficient (Wildman–Crippen LogP) is 1.64. The molecule has 0 bridgehead atoms. The lowest BCUT2D eigenvalue weighted by Gasteiger charge is -2.33. The van der Waals surface area contributed by atoms with E-state index >= 15 is 0 Å². The van der Waals surface area contributed by atoms with E-state index < -0.39 is 0 Å². The molecule has 4 heteroatoms. The van der Waals surface area contributed by atoms with Crippen LogP contribution in [0.5, 0.6) is 5.75 Å². The van der Waals surface area contributed by atoms with Crippen LogP contribution in [0, 0.1) is 11.8 Å². The van der Waals surface area contributed by atoms with Crippen molar-refractivity contribution < 1.29 is 9.53 Å². The Labute approximate surface area is 108 Å². The normalized spacial score (nSPS) is 16.1. The van der Waals surface area contributed by atoms with Crippen LogP contribution < -0.4 is 15.4 Å². The summed E-state index contributed by atoms with van der Waals surface area (Å²) in [4.78, 5) is 14.3. The van der Waals surface area contributed by atoms with Crippen LogP contribution >= 0.6 is 0 Å². The zero-order chi connectivity index (χ0) is 13.1. The fourth-order valence-electron chi connectivity index (χ4n) is 2.26. The smallest absolute Gasteiger partial charge is 0.231 e. The average molecular weight is 248 g/mol. The van der Waals surface area contributed by atoms with Crippen LogP contribution in [0.3, 0.4) is 0 Å². The fourth-order valence-corrected chi connectivity index (χ4v) is 2.26. The van der Waals surface area contributed by atoms with Gasteiger partial charge in [-0.3, -0.25) is 4.79 Å². The minimum Gasteiger partial charge on any atom is -0.490 e. The summed E-state index contributed by atoms with van der Waals surface area (Å²) in [5, 5.41) is 0. The summed E-state index contributed by atoms with van der Waals surface area (Å²) in [5.74, 6) is 0.994. The van der Waals surface area contributed by atoms with Gasteiger partial charge in [-0.05, 0) is 18.1 Å². The maximum absolute atomic E-state index is 12.5. The Kier molecular flexibility index (Phi) is 3.87. The molecule has 18 heavy (non-hydrogen) atoms. The molecule has 1 unspecified atom stereocenters. The molecule has 1 aromatic rings. The van der Waals surface area contributed by atoms with Gasteiger partial charge in [0.25, 0.3) is 0 Å². The highest BCUT2D eigenvalue weighted by Crippen LogP contribution is 2.32. The number of amides is 1. The molecule has 1 atom stereocenters. The van der Waals surface area contributed by atoms with E-state index in [2.05, 4.69) is 0 Å². The molecule has 0 radical (unpaired) electrons. The zero-order valence-corrected chi connectivity index (χ0v) is 10.9. The number of carbonyl (C=O) groups excluding carboxylic acids is 1. The lowest BCUT2D eigenvalue weighted by atomic mass is 9.94. The van der Waals surface area contributed by atoms with Crippen LogP contribution in [0.1, 0.15) is 13.8 Å². The molecular weight excluding hydrogens is 228 g/mol. The second kappa shape index (κ2) is 5.40. The van der Waals surface area contributed by atoms with E-state index in [4.69, 9.17) is 10.5 Å². The third-order valence-electron chi connectivity index (χ3n) is 3.37. The number of nitrogens with two attached hydrogens (primary N) is 1. The van der Waals surface area contributed by atoms with Crippen molar-refractivity contribution in [2.75, 3.05) is 24.6 Å². The van der Waals surface area contributed by atoms with E-state index in [-0.39, 0.29) is 17.7 Å². The highest BCUT2D eigenvalue weighted by molar-refractivity contribution is 5.97. The molecule has 0 aliphatic carbocycles. The Morgan fingerprint density at radius 1 is 1.44 bits per heavy atom. The summed E-state index contributed by atoms with van der Waals surface area (Å²) < 4.78 is 5.55. The van der Waals surface area contributed by atoms with Gasteiger partial charge in [-0.2, -0.15) is 0 Å². The summed E-state index contributed by atoms with van der Waals surface area (Å²) in [6.45, 7) is 5.58. The van der Waals surface area contributed by atoms with Crippen LogP contribution in [0.2, 0.25) is 0 Å². The number of ether oxygens (including phenoxy) is 1. The Bertz CT molecular complexity index is 432. The van der Waals surface area contributed by atoms with Gasteiger partial charge in [0.1, 0.15) is 12.4 Å². The number of fused-ring (bicyclic) bond motifs is 1. The van der Waals surface area contributed by atoms with E-state index in [9.17, 15) is 4.79 Å². The van der Waals surface area contributed by atoms with Gasteiger partial charge in [0.15, 0.2) is 0 Å². The number of hydrogen-bond acceptors (Lipinski definition) is 3. The summed E-state index contributed by atoms with van der Waals surface area (Å²) in [6.07, 6.45) is 0. The molecule has 0 spiro atoms. The summed E-state index contributed by atoms with van der Waals surface area (Å²) >= 11 is 0. The maximum Gasteiger partial charge on any atom is 0.231 e. The molecular formula is C14H20N2O2. The van der Waals surface area contributed by atoms with Crippen molar-refractivity contribution in [3.8, 4) is 5.75 Å². The van der Waals surface area contributed by atoms with Crippen molar-refractivity contribution in [3.63, 3.8) is 0 Å². The third-order valence-corrected chi connectivity index (χ3v) is 3.37. The minimum atomic E-state index is -0.129. The van der Waals surface area contributed by atoms with Gasteiger partial charge in [0.2, 0.25) is 5.91 Å². The molecule has 1 heterocycles. The molecule has 2 rings (SSSR count). The van der Waals surface area contributed by atoms with Gasteiger partial charge in [0, 0.05) is 6.54 Å². The monoisotopic (exact) mass is 248 g/mol. The first-order valence-corrected chi connectivity index (χ1v) is 6.38. The molecule has 1 aliphatic rings. The number of rotatable bonds is 3. The maximum atomic E-state index is 12.5. The van der Waals surface area contributed by atoms with Crippen molar-refractivity contribution in [3.05, 3.63) is 24.3 Å². The number of carbonyl (C=O) groups is 1. The second-order valence-corrected chi connectivity index (χ2v) is 4.89. The number of para-hydroxylation sites is 2. The molecule has 1 amide bonds. The van der Waals surface area contributed by atoms with Gasteiger partial charge in [-0.15, -0.1) is 0 Å². The summed E-state index contributed by atoms with van der Waals surface area (Å²) in [5.41, 5.74) is 6.58. The van der Waals surface area contributed by atoms with Crippen LogP contribution in [-0.4, -0.2) is 25.6 Å². The van der Waals surface area contributed by atoms with Gasteiger partial charge in [-0.25, -0.2) is 0 Å². The van der Waals surface area contributed by atoms with Gasteiger partial charge < -0.3 is 15.4 Å². The van der Waals surface area contributed by atoms with E-state index in [1.54, 1.807) is 4.90 Å². The van der Waals surface area contributed by atoms with Crippen LogP contribution in [-0.2, 0) is 4.79 Å². The number of benzene rings is 1. The van der Waals surface area contributed by atoms with Crippen LogP contribution in [0.25, 0.3) is 0 Å². The molecule has 98 valence electrons. The number of anilines is 1. The highest BCUT2D eigenvalue weighted by atomic mass is 16.5. The Balaban J connectivity index is 2.27. The lowest BCUT2D eigenvalue weighted by molar-refractivity contribution is -0.123. The molecule has 0 aromatic heterocycles. The van der Waals surface area contributed by atoms with Crippen molar-refractivity contribution in [2.45, 2.75) is 13.8 Å². The molecule has 1 aliphatic heterocycles. The Morgan fingerprint density at radius 2 is 2.17 bits per heavy atom. The highest BCUT2D eigenvalue weighted by Gasteiger charge is 2.30. The third kappa shape index (κ3) is 2.34. The lowest BCUT2D eigenvalue weighted by Crippen LogP contribution is -2.45. The number of hydrogen-bond donors (Lipinski definition) is 1. The molecule has 1 aromatic carbocycles. The molecule has 0 saturated carbocycles. The van der Waals surface area contributed by atoms with E-state index in [1.165, 1.54) is 0 Å². The SMILES string of the molecule is CC(C)C(CN)C(=O)N1CCOc2ccccc21. The average Bonchev–Trinajstić information content (AvgIpc) is 2.38. The summed E-state index contributed by atoms with van der Waals surface area (Å²) in [7, 11) is 0. The van der Waals surface area contributed by atoms with Gasteiger partial charge >= 0.3 is 0 Å². The molecule has 0 fully saturated rings. The quantitative estimate of drug-likeness (QED) is 0.884. The fraction of sp³-hybridized carbons (Fsp3) is 0.500. The molecule has 4 nitrogen and oxygen atoms in total. The van der Waals surface area contributed by atoms with Crippen molar-refractivity contribution in [2.24, 2.45) is 17.6 Å².